The maximum atomic E-state index is 12.2. The van der Waals surface area contributed by atoms with Crippen LogP contribution < -0.4 is 5.69 Å². The maximum absolute atomic E-state index is 12.2. The molecule has 0 aromatic carbocycles. The van der Waals surface area contributed by atoms with Gasteiger partial charge in [0, 0.05) is 31.4 Å². The van der Waals surface area contributed by atoms with Crippen LogP contribution in [0.5, 0.6) is 0 Å². The molecule has 0 saturated carbocycles. The molecule has 1 fully saturated rings. The van der Waals surface area contributed by atoms with Crippen LogP contribution >= 0.6 is 11.6 Å². The predicted molar refractivity (Wildman–Crippen MR) is 86.0 cm³/mol. The number of nitrogens with zero attached hydrogens (tertiary/aromatic N) is 4. The molecule has 0 atom stereocenters. The van der Waals surface area contributed by atoms with Gasteiger partial charge in [-0.1, -0.05) is 11.6 Å². The summed E-state index contributed by atoms with van der Waals surface area (Å²) in [5.41, 5.74) is 0.627. The number of halogens is 1. The highest BCUT2D eigenvalue weighted by molar-refractivity contribution is 6.29. The molecule has 1 saturated heterocycles. The van der Waals surface area contributed by atoms with Crippen molar-refractivity contribution in [1.82, 2.24) is 24.6 Å². The normalized spacial score (nSPS) is 16.1. The van der Waals surface area contributed by atoms with Crippen molar-refractivity contribution in [2.75, 3.05) is 13.1 Å². The second kappa shape index (κ2) is 6.78. The van der Waals surface area contributed by atoms with Gasteiger partial charge in [0.25, 0.3) is 0 Å². The largest absolute Gasteiger partial charge is 0.343 e. The van der Waals surface area contributed by atoms with Crippen LogP contribution in [0, 0.1) is 0 Å². The number of carbonyl (C=O) groups is 1. The third-order valence-electron chi connectivity index (χ3n) is 3.92. The highest BCUT2D eigenvalue weighted by atomic mass is 35.5. The molecule has 1 amide bonds. The molecule has 3 heterocycles. The molecule has 1 N–H and O–H groups in total. The molecule has 2 aromatic heterocycles. The molecule has 23 heavy (non-hydrogen) atoms. The Morgan fingerprint density at radius 1 is 1.39 bits per heavy atom. The first-order chi connectivity index (χ1) is 11.1. The first-order valence-corrected chi connectivity index (χ1v) is 7.71. The van der Waals surface area contributed by atoms with Crippen molar-refractivity contribution in [3.63, 3.8) is 0 Å². The van der Waals surface area contributed by atoms with Crippen LogP contribution in [-0.4, -0.2) is 43.6 Å². The number of H-pyrrole nitrogens is 1. The van der Waals surface area contributed by atoms with Gasteiger partial charge in [-0.25, -0.2) is 14.9 Å². The Balaban J connectivity index is 1.58. The van der Waals surface area contributed by atoms with Crippen molar-refractivity contribution < 1.29 is 4.79 Å². The molecule has 2 aromatic rings. The predicted octanol–water partition coefficient (Wildman–Crippen LogP) is 1.50. The van der Waals surface area contributed by atoms with Crippen molar-refractivity contribution in [2.45, 2.75) is 18.9 Å². The highest BCUT2D eigenvalue weighted by Crippen LogP contribution is 2.21. The number of carbonyl (C=O) groups excluding carboxylic acids is 1. The van der Waals surface area contributed by atoms with E-state index in [1.807, 2.05) is 0 Å². The number of aromatic amines is 1. The van der Waals surface area contributed by atoms with Gasteiger partial charge in [-0.2, -0.15) is 5.10 Å². The van der Waals surface area contributed by atoms with E-state index >= 15 is 0 Å². The molecule has 0 unspecified atom stereocenters. The van der Waals surface area contributed by atoms with Gasteiger partial charge in [0.1, 0.15) is 11.5 Å². The summed E-state index contributed by atoms with van der Waals surface area (Å²) in [7, 11) is 0. The summed E-state index contributed by atoms with van der Waals surface area (Å²) >= 11 is 5.81. The Morgan fingerprint density at radius 3 is 2.83 bits per heavy atom. The fraction of sp³-hybridized carbons (Fsp3) is 0.333. The van der Waals surface area contributed by atoms with Gasteiger partial charge >= 0.3 is 5.69 Å². The van der Waals surface area contributed by atoms with Gasteiger partial charge < -0.3 is 4.90 Å². The fourth-order valence-corrected chi connectivity index (χ4v) is 2.86. The van der Waals surface area contributed by atoms with E-state index in [1.54, 1.807) is 33.9 Å². The van der Waals surface area contributed by atoms with Crippen LogP contribution in [0.4, 0.5) is 0 Å². The third-order valence-corrected chi connectivity index (χ3v) is 4.12. The van der Waals surface area contributed by atoms with Crippen molar-refractivity contribution >= 4 is 23.6 Å². The number of pyridine rings is 1. The third kappa shape index (κ3) is 3.68. The molecule has 1 aliphatic heterocycles. The van der Waals surface area contributed by atoms with Crippen LogP contribution in [0.1, 0.15) is 24.4 Å². The van der Waals surface area contributed by atoms with Gasteiger partial charge in [-0.05, 0) is 36.6 Å². The molecule has 8 heteroatoms. The average Bonchev–Trinajstić information content (AvgIpc) is 2.99. The minimum Gasteiger partial charge on any atom is -0.339 e. The molecular weight excluding hydrogens is 318 g/mol. The van der Waals surface area contributed by atoms with Gasteiger partial charge in [0.15, 0.2) is 0 Å². The topological polar surface area (TPSA) is 83.9 Å². The van der Waals surface area contributed by atoms with Crippen LogP contribution in [-0.2, 0) is 4.79 Å². The first kappa shape index (κ1) is 15.5. The molecule has 1 aliphatic rings. The zero-order chi connectivity index (χ0) is 16.2. The molecule has 120 valence electrons. The lowest BCUT2D eigenvalue weighted by Gasteiger charge is -2.31. The van der Waals surface area contributed by atoms with E-state index in [2.05, 4.69) is 15.2 Å². The molecule has 0 bridgehead atoms. The summed E-state index contributed by atoms with van der Waals surface area (Å²) in [6.07, 6.45) is 7.84. The van der Waals surface area contributed by atoms with E-state index in [4.69, 9.17) is 11.6 Å². The van der Waals surface area contributed by atoms with Crippen molar-refractivity contribution in [1.29, 1.82) is 0 Å². The lowest BCUT2D eigenvalue weighted by Crippen LogP contribution is -2.39. The van der Waals surface area contributed by atoms with Gasteiger partial charge in [-0.3, -0.25) is 9.36 Å². The number of hydrogen-bond donors (Lipinski definition) is 1. The second-order valence-corrected chi connectivity index (χ2v) is 5.76. The monoisotopic (exact) mass is 333 g/mol. The van der Waals surface area contributed by atoms with Crippen molar-refractivity contribution in [2.24, 2.45) is 0 Å². The standard InChI is InChI=1S/C15H16ClN5O2/c16-13-9-11(3-6-17-13)1-2-14(22)20-7-4-12(5-8-20)21-10-18-19-15(21)23/h1-3,6,9-10,12H,4-5,7-8H2,(H,19,23). The Hall–Kier alpha value is -2.41. The van der Waals surface area contributed by atoms with E-state index in [0.29, 0.717) is 18.2 Å². The van der Waals surface area contributed by atoms with Crippen LogP contribution in [0.2, 0.25) is 5.15 Å². The van der Waals surface area contributed by atoms with Gasteiger partial charge in [0.05, 0.1) is 0 Å². The molecule has 3 rings (SSSR count). The van der Waals surface area contributed by atoms with Gasteiger partial charge in [-0.15, -0.1) is 0 Å². The number of hydrogen-bond acceptors (Lipinski definition) is 4. The Morgan fingerprint density at radius 2 is 2.17 bits per heavy atom. The highest BCUT2D eigenvalue weighted by Gasteiger charge is 2.23. The summed E-state index contributed by atoms with van der Waals surface area (Å²) in [5.74, 6) is -0.0454. The minimum atomic E-state index is -0.204. The van der Waals surface area contributed by atoms with Crippen LogP contribution in [0.3, 0.4) is 0 Å². The first-order valence-electron chi connectivity index (χ1n) is 7.33. The molecule has 0 radical (unpaired) electrons. The van der Waals surface area contributed by atoms with Crippen molar-refractivity contribution in [3.8, 4) is 0 Å². The summed E-state index contributed by atoms with van der Waals surface area (Å²) < 4.78 is 1.59. The number of rotatable bonds is 3. The molecule has 0 aliphatic carbocycles. The summed E-state index contributed by atoms with van der Waals surface area (Å²) in [6, 6.07) is 3.57. The lowest BCUT2D eigenvalue weighted by molar-refractivity contribution is -0.127. The maximum Gasteiger partial charge on any atom is 0.343 e. The smallest absolute Gasteiger partial charge is 0.339 e. The zero-order valence-electron chi connectivity index (χ0n) is 12.4. The van der Waals surface area contributed by atoms with Gasteiger partial charge in [0.2, 0.25) is 5.91 Å². The SMILES string of the molecule is O=C(C=Cc1ccnc(Cl)c1)N1CCC(n2cn[nH]c2=O)CC1. The second-order valence-electron chi connectivity index (χ2n) is 5.37. The van der Waals surface area contributed by atoms with E-state index in [1.165, 1.54) is 12.4 Å². The fourth-order valence-electron chi connectivity index (χ4n) is 2.68. The van der Waals surface area contributed by atoms with E-state index < -0.39 is 0 Å². The molecular formula is C15H16ClN5O2. The number of amides is 1. The van der Waals surface area contributed by atoms with Crippen LogP contribution in [0.25, 0.3) is 6.08 Å². The number of aromatic nitrogens is 4. The quantitative estimate of drug-likeness (QED) is 0.681. The Kier molecular flexibility index (Phi) is 4.57. The Labute approximate surface area is 137 Å². The zero-order valence-corrected chi connectivity index (χ0v) is 13.1. The molecule has 7 nitrogen and oxygen atoms in total. The summed E-state index contributed by atoms with van der Waals surface area (Å²) in [6.45, 7) is 1.23. The molecule has 0 spiro atoms. The average molecular weight is 334 g/mol. The number of nitrogens with one attached hydrogen (secondary N) is 1. The van der Waals surface area contributed by atoms with E-state index in [0.717, 1.165) is 18.4 Å². The number of piperidine rings is 1. The van der Waals surface area contributed by atoms with E-state index in [-0.39, 0.29) is 17.6 Å². The lowest BCUT2D eigenvalue weighted by atomic mass is 10.0. The Bertz CT molecular complexity index is 774. The summed E-state index contributed by atoms with van der Waals surface area (Å²) in [5, 5.41) is 6.53. The van der Waals surface area contributed by atoms with Crippen molar-refractivity contribution in [3.05, 3.63) is 51.9 Å². The number of likely N-dealkylation sites (tertiary alicyclic amines) is 1. The summed E-state index contributed by atoms with van der Waals surface area (Å²) in [4.78, 5) is 29.5. The minimum absolute atomic E-state index is 0.0454. The van der Waals surface area contributed by atoms with Crippen LogP contribution in [0.15, 0.2) is 35.5 Å². The van der Waals surface area contributed by atoms with E-state index in [9.17, 15) is 9.59 Å².